The first-order chi connectivity index (χ1) is 9.99. The molecule has 1 atom stereocenters. The summed E-state index contributed by atoms with van der Waals surface area (Å²) < 4.78 is 14.3. The highest BCUT2D eigenvalue weighted by molar-refractivity contribution is 9.10. The Bertz CT molecular complexity index is 544. The van der Waals surface area contributed by atoms with Crippen molar-refractivity contribution in [3.8, 4) is 0 Å². The van der Waals surface area contributed by atoms with Crippen LogP contribution < -0.4 is 5.32 Å². The Morgan fingerprint density at radius 3 is 2.52 bits per heavy atom. The molecule has 21 heavy (non-hydrogen) atoms. The van der Waals surface area contributed by atoms with Crippen molar-refractivity contribution in [3.63, 3.8) is 0 Å². The molecule has 0 radical (unpaired) electrons. The summed E-state index contributed by atoms with van der Waals surface area (Å²) in [6.07, 6.45) is 4.59. The Hall–Kier alpha value is -1.43. The molecule has 0 bridgehead atoms. The predicted molar refractivity (Wildman–Crippen MR) is 79.6 cm³/mol. The number of carbonyl (C=O) groups is 2. The first kappa shape index (κ1) is 15.9. The molecule has 1 aliphatic carbocycles. The normalized spacial score (nSPS) is 17.2. The number of nitrogens with one attached hydrogen (secondary N) is 1. The number of benzene rings is 1. The fourth-order valence-electron chi connectivity index (χ4n) is 2.74. The molecular weight excluding hydrogens is 341 g/mol. The van der Waals surface area contributed by atoms with Gasteiger partial charge < -0.3 is 10.4 Å². The van der Waals surface area contributed by atoms with E-state index in [1.807, 2.05) is 0 Å². The molecule has 1 aromatic carbocycles. The lowest BCUT2D eigenvalue weighted by atomic mass is 9.84. The molecule has 0 saturated heterocycles. The van der Waals surface area contributed by atoms with Crippen LogP contribution >= 0.6 is 15.9 Å². The number of carboxylic acids is 1. The Balaban J connectivity index is 2.12. The van der Waals surface area contributed by atoms with Crippen molar-refractivity contribution in [2.24, 2.45) is 5.92 Å². The van der Waals surface area contributed by atoms with Crippen LogP contribution in [0.3, 0.4) is 0 Å². The predicted octanol–water partition coefficient (Wildman–Crippen LogP) is 3.35. The van der Waals surface area contributed by atoms with E-state index in [-0.39, 0.29) is 11.5 Å². The zero-order valence-corrected chi connectivity index (χ0v) is 13.0. The number of halogens is 2. The first-order valence-corrected chi connectivity index (χ1v) is 7.77. The van der Waals surface area contributed by atoms with Gasteiger partial charge in [0.15, 0.2) is 0 Å². The van der Waals surface area contributed by atoms with Crippen molar-refractivity contribution in [3.05, 3.63) is 34.1 Å². The SMILES string of the molecule is O=C(NC(C(=O)O)C1CCCCC1)c1ccc(Br)cc1F. The molecule has 1 aliphatic rings. The number of carbonyl (C=O) groups excluding carboxylic acids is 1. The lowest BCUT2D eigenvalue weighted by molar-refractivity contribution is -0.141. The molecule has 2 N–H and O–H groups in total. The van der Waals surface area contributed by atoms with Crippen molar-refractivity contribution < 1.29 is 19.1 Å². The van der Waals surface area contributed by atoms with E-state index in [1.165, 1.54) is 12.1 Å². The van der Waals surface area contributed by atoms with Crippen molar-refractivity contribution in [1.82, 2.24) is 5.32 Å². The van der Waals surface area contributed by atoms with Crippen LogP contribution in [0, 0.1) is 11.7 Å². The number of hydrogen-bond donors (Lipinski definition) is 2. The van der Waals surface area contributed by atoms with Crippen molar-refractivity contribution >= 4 is 27.8 Å². The summed E-state index contributed by atoms with van der Waals surface area (Å²) in [6, 6.07) is 3.12. The van der Waals surface area contributed by atoms with Crippen LogP contribution in [0.25, 0.3) is 0 Å². The summed E-state index contributed by atoms with van der Waals surface area (Å²) in [6.45, 7) is 0. The number of carboxylic acid groups (broad SMARTS) is 1. The zero-order chi connectivity index (χ0) is 15.4. The topological polar surface area (TPSA) is 66.4 Å². The van der Waals surface area contributed by atoms with Gasteiger partial charge in [-0.2, -0.15) is 0 Å². The first-order valence-electron chi connectivity index (χ1n) is 6.98. The van der Waals surface area contributed by atoms with Crippen LogP contribution in [0.4, 0.5) is 4.39 Å². The van der Waals surface area contributed by atoms with E-state index in [2.05, 4.69) is 21.2 Å². The van der Waals surface area contributed by atoms with Crippen LogP contribution in [0.1, 0.15) is 42.5 Å². The summed E-state index contributed by atoms with van der Waals surface area (Å²) in [5, 5.41) is 11.8. The molecule has 4 nitrogen and oxygen atoms in total. The maximum absolute atomic E-state index is 13.8. The van der Waals surface area contributed by atoms with Gasteiger partial charge in [-0.1, -0.05) is 35.2 Å². The van der Waals surface area contributed by atoms with Gasteiger partial charge in [0.05, 0.1) is 5.56 Å². The van der Waals surface area contributed by atoms with E-state index >= 15 is 0 Å². The van der Waals surface area contributed by atoms with E-state index in [9.17, 15) is 19.1 Å². The van der Waals surface area contributed by atoms with Gasteiger partial charge in [-0.25, -0.2) is 9.18 Å². The van der Waals surface area contributed by atoms with Crippen molar-refractivity contribution in [2.45, 2.75) is 38.1 Å². The fraction of sp³-hybridized carbons (Fsp3) is 0.467. The molecule has 1 saturated carbocycles. The summed E-state index contributed by atoms with van der Waals surface area (Å²) in [7, 11) is 0. The Labute approximate surface area is 130 Å². The fourth-order valence-corrected chi connectivity index (χ4v) is 3.07. The third kappa shape index (κ3) is 4.03. The molecule has 1 fully saturated rings. The van der Waals surface area contributed by atoms with Crippen molar-refractivity contribution in [1.29, 1.82) is 0 Å². The van der Waals surface area contributed by atoms with Crippen LogP contribution in [0.2, 0.25) is 0 Å². The quantitative estimate of drug-likeness (QED) is 0.868. The molecule has 0 aromatic heterocycles. The summed E-state index contributed by atoms with van der Waals surface area (Å²) in [4.78, 5) is 23.5. The minimum atomic E-state index is -1.06. The number of hydrogen-bond acceptors (Lipinski definition) is 2. The highest BCUT2D eigenvalue weighted by Gasteiger charge is 2.31. The number of aliphatic carboxylic acids is 1. The average Bonchev–Trinajstić information content (AvgIpc) is 2.45. The van der Waals surface area contributed by atoms with Gasteiger partial charge >= 0.3 is 5.97 Å². The molecule has 0 aliphatic heterocycles. The van der Waals surface area contributed by atoms with Crippen molar-refractivity contribution in [2.75, 3.05) is 0 Å². The molecule has 1 amide bonds. The van der Waals surface area contributed by atoms with Gasteiger partial charge in [0.2, 0.25) is 0 Å². The van der Waals surface area contributed by atoms with Gasteiger partial charge in [0.1, 0.15) is 11.9 Å². The zero-order valence-electron chi connectivity index (χ0n) is 11.4. The smallest absolute Gasteiger partial charge is 0.326 e. The molecule has 1 aromatic rings. The third-order valence-electron chi connectivity index (χ3n) is 3.85. The van der Waals surface area contributed by atoms with E-state index in [4.69, 9.17) is 0 Å². The standard InChI is InChI=1S/C15H17BrFNO3/c16-10-6-7-11(12(17)8-10)14(19)18-13(15(20)21)9-4-2-1-3-5-9/h6-9,13H,1-5H2,(H,18,19)(H,20,21). The van der Waals surface area contributed by atoms with Gasteiger partial charge in [-0.15, -0.1) is 0 Å². The third-order valence-corrected chi connectivity index (χ3v) is 4.34. The summed E-state index contributed by atoms with van der Waals surface area (Å²) in [5.41, 5.74) is -0.139. The number of rotatable bonds is 4. The average molecular weight is 358 g/mol. The van der Waals surface area contributed by atoms with Gasteiger partial charge in [0, 0.05) is 4.47 Å². The molecule has 0 heterocycles. The van der Waals surface area contributed by atoms with E-state index in [0.29, 0.717) is 4.47 Å². The van der Waals surface area contributed by atoms with Gasteiger partial charge in [-0.3, -0.25) is 4.79 Å². The molecular formula is C15H17BrFNO3. The Morgan fingerprint density at radius 1 is 1.29 bits per heavy atom. The van der Waals surface area contributed by atoms with Crippen LogP contribution in [-0.2, 0) is 4.79 Å². The molecule has 1 unspecified atom stereocenters. The van der Waals surface area contributed by atoms with Gasteiger partial charge in [-0.05, 0) is 37.0 Å². The van der Waals surface area contributed by atoms with Crippen LogP contribution in [0.5, 0.6) is 0 Å². The van der Waals surface area contributed by atoms with E-state index in [1.54, 1.807) is 6.07 Å². The maximum Gasteiger partial charge on any atom is 0.326 e. The van der Waals surface area contributed by atoms with Gasteiger partial charge in [0.25, 0.3) is 5.91 Å². The molecule has 114 valence electrons. The highest BCUT2D eigenvalue weighted by atomic mass is 79.9. The van der Waals surface area contributed by atoms with E-state index < -0.39 is 23.7 Å². The van der Waals surface area contributed by atoms with Crippen LogP contribution in [-0.4, -0.2) is 23.0 Å². The minimum Gasteiger partial charge on any atom is -0.480 e. The second kappa shape index (κ2) is 7.02. The number of amides is 1. The summed E-state index contributed by atoms with van der Waals surface area (Å²) >= 11 is 3.12. The second-order valence-corrected chi connectivity index (χ2v) is 6.23. The van der Waals surface area contributed by atoms with Crippen LogP contribution in [0.15, 0.2) is 22.7 Å². The lowest BCUT2D eigenvalue weighted by Gasteiger charge is -2.28. The summed E-state index contributed by atoms with van der Waals surface area (Å²) in [5.74, 6) is -2.50. The highest BCUT2D eigenvalue weighted by Crippen LogP contribution is 2.27. The lowest BCUT2D eigenvalue weighted by Crippen LogP contribution is -2.46. The second-order valence-electron chi connectivity index (χ2n) is 5.31. The molecule has 6 heteroatoms. The molecule has 2 rings (SSSR count). The Morgan fingerprint density at radius 2 is 1.95 bits per heavy atom. The van der Waals surface area contributed by atoms with E-state index in [0.717, 1.165) is 32.1 Å². The minimum absolute atomic E-state index is 0.0845. The monoisotopic (exact) mass is 357 g/mol. The Kier molecular flexibility index (Phi) is 5.33. The maximum atomic E-state index is 13.8. The molecule has 0 spiro atoms. The largest absolute Gasteiger partial charge is 0.480 e.